The molecular weight excluding hydrogens is 373 g/mol. The molecule has 0 fully saturated rings. The summed E-state index contributed by atoms with van der Waals surface area (Å²) in [5.41, 5.74) is 4.13. The largest absolute Gasteiger partial charge is 0.506 e. The molecule has 5 nitrogen and oxygen atoms in total. The number of aromatic nitrogens is 3. The lowest BCUT2D eigenvalue weighted by molar-refractivity contribution is 0.400. The third-order valence-electron chi connectivity index (χ3n) is 4.06. The molecule has 2 heterocycles. The number of rotatable bonds is 3. The lowest BCUT2D eigenvalue weighted by Crippen LogP contribution is -1.84. The van der Waals surface area contributed by atoms with Crippen molar-refractivity contribution in [2.75, 3.05) is 0 Å². The van der Waals surface area contributed by atoms with Gasteiger partial charge < -0.3 is 9.63 Å². The van der Waals surface area contributed by atoms with E-state index in [-0.39, 0.29) is 10.8 Å². The molecule has 0 atom stereocenters. The molecule has 4 rings (SSSR count). The van der Waals surface area contributed by atoms with Gasteiger partial charge >= 0.3 is 0 Å². The highest BCUT2D eigenvalue weighted by molar-refractivity contribution is 6.36. The molecule has 130 valence electrons. The first-order chi connectivity index (χ1) is 12.5. The molecule has 0 unspecified atom stereocenters. The van der Waals surface area contributed by atoms with Gasteiger partial charge in [-0.3, -0.25) is 5.10 Å². The lowest BCUT2D eigenvalue weighted by atomic mass is 10.0. The van der Waals surface area contributed by atoms with Crippen LogP contribution in [0, 0.1) is 6.92 Å². The van der Waals surface area contributed by atoms with E-state index in [2.05, 4.69) is 15.4 Å². The highest BCUT2D eigenvalue weighted by atomic mass is 35.5. The van der Waals surface area contributed by atoms with Crippen molar-refractivity contribution in [2.45, 2.75) is 6.92 Å². The summed E-state index contributed by atoms with van der Waals surface area (Å²) >= 11 is 12.1. The van der Waals surface area contributed by atoms with Crippen molar-refractivity contribution in [1.82, 2.24) is 15.4 Å². The van der Waals surface area contributed by atoms with E-state index in [1.165, 1.54) is 6.07 Å². The van der Waals surface area contributed by atoms with Crippen molar-refractivity contribution < 1.29 is 9.63 Å². The fourth-order valence-electron chi connectivity index (χ4n) is 2.83. The van der Waals surface area contributed by atoms with E-state index >= 15 is 0 Å². The van der Waals surface area contributed by atoms with E-state index in [1.54, 1.807) is 12.1 Å². The number of aromatic hydroxyl groups is 1. The van der Waals surface area contributed by atoms with Crippen LogP contribution in [-0.2, 0) is 0 Å². The average Bonchev–Trinajstić information content (AvgIpc) is 3.25. The number of aromatic amines is 1. The molecule has 0 saturated heterocycles. The molecule has 0 aliphatic rings. The van der Waals surface area contributed by atoms with Crippen molar-refractivity contribution in [3.8, 4) is 39.5 Å². The van der Waals surface area contributed by atoms with E-state index < -0.39 is 0 Å². The van der Waals surface area contributed by atoms with E-state index in [0.29, 0.717) is 33.4 Å². The van der Waals surface area contributed by atoms with Gasteiger partial charge in [-0.05, 0) is 25.1 Å². The second-order valence-electron chi connectivity index (χ2n) is 5.78. The number of halogens is 2. The zero-order chi connectivity index (χ0) is 18.3. The summed E-state index contributed by atoms with van der Waals surface area (Å²) in [5, 5.41) is 22.3. The molecule has 0 bridgehead atoms. The first kappa shape index (κ1) is 16.7. The van der Waals surface area contributed by atoms with Gasteiger partial charge in [0.05, 0.1) is 22.0 Å². The van der Waals surface area contributed by atoms with Gasteiger partial charge in [-0.15, -0.1) is 0 Å². The molecule has 0 saturated carbocycles. The number of nitrogens with one attached hydrogen (secondary N) is 1. The molecule has 2 aromatic heterocycles. The molecule has 4 aromatic rings. The zero-order valence-electron chi connectivity index (χ0n) is 13.6. The van der Waals surface area contributed by atoms with E-state index in [1.807, 2.05) is 37.3 Å². The van der Waals surface area contributed by atoms with Gasteiger partial charge in [0.2, 0.25) is 0 Å². The van der Waals surface area contributed by atoms with Gasteiger partial charge in [-0.2, -0.15) is 5.10 Å². The highest BCUT2D eigenvalue weighted by Gasteiger charge is 2.20. The molecule has 2 N–H and O–H groups in total. The van der Waals surface area contributed by atoms with Crippen molar-refractivity contribution >= 4 is 23.2 Å². The second kappa shape index (κ2) is 6.52. The van der Waals surface area contributed by atoms with Crippen molar-refractivity contribution in [3.05, 3.63) is 64.3 Å². The third-order valence-corrected chi connectivity index (χ3v) is 4.57. The van der Waals surface area contributed by atoms with Crippen LogP contribution in [0.1, 0.15) is 5.76 Å². The minimum Gasteiger partial charge on any atom is -0.506 e. The smallest absolute Gasteiger partial charge is 0.143 e. The molecule has 0 radical (unpaired) electrons. The Labute approximate surface area is 159 Å². The molecule has 26 heavy (non-hydrogen) atoms. The Kier molecular flexibility index (Phi) is 4.18. The van der Waals surface area contributed by atoms with Crippen LogP contribution in [0.4, 0.5) is 0 Å². The Hall–Kier alpha value is -2.76. The molecule has 0 amide bonds. The maximum absolute atomic E-state index is 10.2. The summed E-state index contributed by atoms with van der Waals surface area (Å²) in [6.07, 6.45) is 0. The van der Waals surface area contributed by atoms with Gasteiger partial charge in [0.1, 0.15) is 17.2 Å². The molecule has 0 spiro atoms. The first-order valence-electron chi connectivity index (χ1n) is 7.80. The number of aryl methyl sites for hydroxylation is 1. The van der Waals surface area contributed by atoms with E-state index in [4.69, 9.17) is 27.7 Å². The first-order valence-corrected chi connectivity index (χ1v) is 8.56. The number of hydrogen-bond acceptors (Lipinski definition) is 4. The fourth-order valence-corrected chi connectivity index (χ4v) is 3.32. The number of benzene rings is 2. The number of H-pyrrole nitrogens is 1. The summed E-state index contributed by atoms with van der Waals surface area (Å²) in [6, 6.07) is 14.6. The van der Waals surface area contributed by atoms with Crippen LogP contribution < -0.4 is 0 Å². The predicted molar refractivity (Wildman–Crippen MR) is 101 cm³/mol. The predicted octanol–water partition coefficient (Wildman–Crippen LogP) is 5.72. The standard InChI is InChI=1S/C19H13Cl2N3O2/c1-10-17(18(24-26-10)11-5-3-2-4-6-11)16-9-15(22-23-16)13-7-12(20)8-14(21)19(13)25/h2-9,25H,1H3,(H,22,23). The molecule has 0 aliphatic heterocycles. The highest BCUT2D eigenvalue weighted by Crippen LogP contribution is 2.39. The van der Waals surface area contributed by atoms with Crippen LogP contribution in [0.15, 0.2) is 53.1 Å². The Morgan fingerprint density at radius 3 is 2.62 bits per heavy atom. The second-order valence-corrected chi connectivity index (χ2v) is 6.62. The molecule has 0 aliphatic carbocycles. The quantitative estimate of drug-likeness (QED) is 0.472. The van der Waals surface area contributed by atoms with Gasteiger partial charge in [0.15, 0.2) is 0 Å². The Bertz CT molecular complexity index is 1090. The number of phenols is 1. The molecule has 2 aromatic carbocycles. The normalized spacial score (nSPS) is 11.0. The Morgan fingerprint density at radius 1 is 1.08 bits per heavy atom. The van der Waals surface area contributed by atoms with Gasteiger partial charge in [0.25, 0.3) is 0 Å². The summed E-state index contributed by atoms with van der Waals surface area (Å²) in [4.78, 5) is 0. The van der Waals surface area contributed by atoms with Gasteiger partial charge in [0, 0.05) is 16.1 Å². The van der Waals surface area contributed by atoms with Crippen LogP contribution in [0.5, 0.6) is 5.75 Å². The number of phenolic OH excluding ortho intramolecular Hbond substituents is 1. The summed E-state index contributed by atoms with van der Waals surface area (Å²) < 4.78 is 5.39. The SMILES string of the molecule is Cc1onc(-c2ccccc2)c1-c1cc(-c2cc(Cl)cc(Cl)c2O)n[nH]1. The monoisotopic (exact) mass is 385 g/mol. The maximum atomic E-state index is 10.2. The molecule has 7 heteroatoms. The Morgan fingerprint density at radius 2 is 1.85 bits per heavy atom. The van der Waals surface area contributed by atoms with Crippen LogP contribution in [0.2, 0.25) is 10.0 Å². The third kappa shape index (κ3) is 2.85. The summed E-state index contributed by atoms with van der Waals surface area (Å²) in [7, 11) is 0. The van der Waals surface area contributed by atoms with Crippen molar-refractivity contribution in [2.24, 2.45) is 0 Å². The van der Waals surface area contributed by atoms with Crippen molar-refractivity contribution in [1.29, 1.82) is 0 Å². The minimum atomic E-state index is -0.0700. The molecular formula is C19H13Cl2N3O2. The number of nitrogens with zero attached hydrogens (tertiary/aromatic N) is 2. The zero-order valence-corrected chi connectivity index (χ0v) is 15.1. The fraction of sp³-hybridized carbons (Fsp3) is 0.0526. The van der Waals surface area contributed by atoms with Gasteiger partial charge in [-0.1, -0.05) is 58.7 Å². The van der Waals surface area contributed by atoms with E-state index in [9.17, 15) is 5.11 Å². The van der Waals surface area contributed by atoms with Gasteiger partial charge in [-0.25, -0.2) is 0 Å². The maximum Gasteiger partial charge on any atom is 0.143 e. The number of hydrogen-bond donors (Lipinski definition) is 2. The average molecular weight is 386 g/mol. The minimum absolute atomic E-state index is 0.0700. The lowest BCUT2D eigenvalue weighted by Gasteiger charge is -2.04. The van der Waals surface area contributed by atoms with Crippen molar-refractivity contribution in [3.63, 3.8) is 0 Å². The topological polar surface area (TPSA) is 74.9 Å². The Balaban J connectivity index is 1.83. The summed E-state index contributed by atoms with van der Waals surface area (Å²) in [5.74, 6) is 0.590. The van der Waals surface area contributed by atoms with E-state index in [0.717, 1.165) is 11.1 Å². The van der Waals surface area contributed by atoms with Crippen LogP contribution in [0.25, 0.3) is 33.8 Å². The van der Waals surface area contributed by atoms with Crippen LogP contribution >= 0.6 is 23.2 Å². The summed E-state index contributed by atoms with van der Waals surface area (Å²) in [6.45, 7) is 1.84. The van der Waals surface area contributed by atoms with Crippen LogP contribution in [-0.4, -0.2) is 20.5 Å². The van der Waals surface area contributed by atoms with Crippen LogP contribution in [0.3, 0.4) is 0 Å².